The fourth-order valence-corrected chi connectivity index (χ4v) is 1.58. The van der Waals surface area contributed by atoms with E-state index in [1.807, 2.05) is 19.0 Å². The Morgan fingerprint density at radius 3 is 2.69 bits per heavy atom. The zero-order chi connectivity index (χ0) is 12.0. The summed E-state index contributed by atoms with van der Waals surface area (Å²) in [4.78, 5) is 6.39. The number of hydrogen-bond acceptors (Lipinski definition) is 5. The van der Waals surface area contributed by atoms with E-state index in [0.29, 0.717) is 6.04 Å². The summed E-state index contributed by atoms with van der Waals surface area (Å²) in [5, 5.41) is 7.34. The minimum absolute atomic E-state index is 0.428. The van der Waals surface area contributed by atoms with E-state index in [4.69, 9.17) is 4.52 Å². The van der Waals surface area contributed by atoms with Gasteiger partial charge in [-0.15, -0.1) is 0 Å². The molecule has 5 heteroatoms. The first-order chi connectivity index (χ1) is 7.65. The molecule has 0 aliphatic heterocycles. The van der Waals surface area contributed by atoms with Crippen LogP contribution >= 0.6 is 0 Å². The molecule has 0 aromatic carbocycles. The number of hydrogen-bond donors (Lipinski definition) is 1. The summed E-state index contributed by atoms with van der Waals surface area (Å²) in [7, 11) is 3.98. The smallest absolute Gasteiger partial charge is 0.228 e. The lowest BCUT2D eigenvalue weighted by atomic mass is 10.1. The average Bonchev–Trinajstić information content (AvgIpc) is 2.64. The minimum Gasteiger partial charge on any atom is -0.339 e. The summed E-state index contributed by atoms with van der Waals surface area (Å²) in [6.45, 7) is 5.96. The molecule has 0 aliphatic rings. The van der Waals surface area contributed by atoms with E-state index in [2.05, 4.69) is 29.3 Å². The Morgan fingerprint density at radius 1 is 1.38 bits per heavy atom. The van der Waals surface area contributed by atoms with Crippen molar-refractivity contribution in [3.8, 4) is 0 Å². The summed E-state index contributed by atoms with van der Waals surface area (Å²) in [6.07, 6.45) is 1.88. The number of likely N-dealkylation sites (N-methyl/N-ethyl adjacent to an activating group) is 1. The molecule has 0 fully saturated rings. The first kappa shape index (κ1) is 13.1. The molecular weight excluding hydrogens is 204 g/mol. The molecule has 5 nitrogen and oxygen atoms in total. The molecule has 0 spiro atoms. The Kier molecular flexibility index (Phi) is 5.42. The van der Waals surface area contributed by atoms with Crippen LogP contribution in [0.2, 0.25) is 0 Å². The van der Waals surface area contributed by atoms with Gasteiger partial charge in [0.05, 0.1) is 6.54 Å². The number of aromatic nitrogens is 2. The van der Waals surface area contributed by atoms with Crippen LogP contribution in [0.25, 0.3) is 0 Å². The van der Waals surface area contributed by atoms with Crippen molar-refractivity contribution in [2.24, 2.45) is 0 Å². The molecule has 1 rings (SSSR count). The van der Waals surface area contributed by atoms with Crippen molar-refractivity contribution in [2.45, 2.75) is 39.3 Å². The van der Waals surface area contributed by atoms with Gasteiger partial charge in [-0.1, -0.05) is 19.0 Å². The maximum Gasteiger partial charge on any atom is 0.228 e. The second-order valence-electron chi connectivity index (χ2n) is 4.21. The third kappa shape index (κ3) is 4.28. The Bertz CT molecular complexity index is 298. The van der Waals surface area contributed by atoms with E-state index in [0.717, 1.165) is 37.6 Å². The fraction of sp³-hybridized carbons (Fsp3) is 0.818. The van der Waals surface area contributed by atoms with Crippen molar-refractivity contribution in [1.29, 1.82) is 0 Å². The molecule has 0 radical (unpaired) electrons. The SMILES string of the molecule is CCNC(CC)Cc1nc(CN(C)C)no1. The van der Waals surface area contributed by atoms with Gasteiger partial charge in [0.15, 0.2) is 5.82 Å². The van der Waals surface area contributed by atoms with Gasteiger partial charge in [0, 0.05) is 12.5 Å². The van der Waals surface area contributed by atoms with Crippen molar-refractivity contribution >= 4 is 0 Å². The maximum atomic E-state index is 5.22. The van der Waals surface area contributed by atoms with Crippen LogP contribution in [0.3, 0.4) is 0 Å². The van der Waals surface area contributed by atoms with E-state index in [1.54, 1.807) is 0 Å². The maximum absolute atomic E-state index is 5.22. The summed E-state index contributed by atoms with van der Waals surface area (Å²) in [5.41, 5.74) is 0. The van der Waals surface area contributed by atoms with Gasteiger partial charge in [-0.2, -0.15) is 4.98 Å². The van der Waals surface area contributed by atoms with Crippen molar-refractivity contribution in [3.63, 3.8) is 0 Å². The van der Waals surface area contributed by atoms with Crippen LogP contribution in [-0.2, 0) is 13.0 Å². The van der Waals surface area contributed by atoms with Gasteiger partial charge in [-0.3, -0.25) is 0 Å². The molecule has 1 heterocycles. The standard InChI is InChI=1S/C11H22N4O/c1-5-9(12-6-2)7-11-13-10(14-16-11)8-15(3)4/h9,12H,5-8H2,1-4H3. The molecule has 0 aliphatic carbocycles. The molecule has 1 aromatic rings. The largest absolute Gasteiger partial charge is 0.339 e. The van der Waals surface area contributed by atoms with E-state index < -0.39 is 0 Å². The van der Waals surface area contributed by atoms with E-state index in [1.165, 1.54) is 0 Å². The van der Waals surface area contributed by atoms with Crippen LogP contribution in [-0.4, -0.2) is 41.7 Å². The van der Waals surface area contributed by atoms with Crippen LogP contribution in [0.15, 0.2) is 4.52 Å². The summed E-state index contributed by atoms with van der Waals surface area (Å²) < 4.78 is 5.22. The lowest BCUT2D eigenvalue weighted by Crippen LogP contribution is -2.30. The Hall–Kier alpha value is -0.940. The Morgan fingerprint density at radius 2 is 2.12 bits per heavy atom. The van der Waals surface area contributed by atoms with Gasteiger partial charge in [-0.25, -0.2) is 0 Å². The van der Waals surface area contributed by atoms with Crippen LogP contribution in [0, 0.1) is 0 Å². The molecule has 16 heavy (non-hydrogen) atoms. The molecule has 0 saturated heterocycles. The van der Waals surface area contributed by atoms with E-state index in [9.17, 15) is 0 Å². The average molecular weight is 226 g/mol. The lowest BCUT2D eigenvalue weighted by molar-refractivity contribution is 0.338. The molecule has 0 bridgehead atoms. The van der Waals surface area contributed by atoms with Crippen molar-refractivity contribution in [1.82, 2.24) is 20.4 Å². The zero-order valence-corrected chi connectivity index (χ0v) is 10.7. The van der Waals surface area contributed by atoms with Gasteiger partial charge in [-0.05, 0) is 27.1 Å². The summed E-state index contributed by atoms with van der Waals surface area (Å²) in [5.74, 6) is 1.48. The number of nitrogens with zero attached hydrogens (tertiary/aromatic N) is 3. The summed E-state index contributed by atoms with van der Waals surface area (Å²) in [6, 6.07) is 0.428. The Labute approximate surface area is 97.2 Å². The fourth-order valence-electron chi connectivity index (χ4n) is 1.58. The normalized spacial score (nSPS) is 13.3. The van der Waals surface area contributed by atoms with Gasteiger partial charge in [0.1, 0.15) is 0 Å². The summed E-state index contributed by atoms with van der Waals surface area (Å²) >= 11 is 0. The first-order valence-corrected chi connectivity index (χ1v) is 5.85. The highest BCUT2D eigenvalue weighted by molar-refractivity contribution is 4.89. The Balaban J connectivity index is 2.50. The zero-order valence-electron chi connectivity index (χ0n) is 10.7. The predicted octanol–water partition coefficient (Wildman–Crippen LogP) is 1.06. The third-order valence-electron chi connectivity index (χ3n) is 2.37. The first-order valence-electron chi connectivity index (χ1n) is 5.85. The lowest BCUT2D eigenvalue weighted by Gasteiger charge is -2.12. The molecule has 1 N–H and O–H groups in total. The second-order valence-corrected chi connectivity index (χ2v) is 4.21. The van der Waals surface area contributed by atoms with Crippen LogP contribution in [0.1, 0.15) is 32.0 Å². The van der Waals surface area contributed by atoms with E-state index >= 15 is 0 Å². The van der Waals surface area contributed by atoms with Gasteiger partial charge < -0.3 is 14.7 Å². The third-order valence-corrected chi connectivity index (χ3v) is 2.37. The quantitative estimate of drug-likeness (QED) is 0.753. The number of nitrogens with one attached hydrogen (secondary N) is 1. The highest BCUT2D eigenvalue weighted by atomic mass is 16.5. The molecular formula is C11H22N4O. The van der Waals surface area contributed by atoms with Crippen molar-refractivity contribution < 1.29 is 4.52 Å². The molecule has 0 saturated carbocycles. The van der Waals surface area contributed by atoms with Gasteiger partial charge in [0.2, 0.25) is 5.89 Å². The molecule has 1 atom stereocenters. The van der Waals surface area contributed by atoms with E-state index in [-0.39, 0.29) is 0 Å². The van der Waals surface area contributed by atoms with Gasteiger partial charge in [0.25, 0.3) is 0 Å². The minimum atomic E-state index is 0.428. The molecule has 92 valence electrons. The topological polar surface area (TPSA) is 54.2 Å². The van der Waals surface area contributed by atoms with Crippen LogP contribution in [0.4, 0.5) is 0 Å². The number of rotatable bonds is 7. The van der Waals surface area contributed by atoms with Crippen molar-refractivity contribution in [2.75, 3.05) is 20.6 Å². The molecule has 0 amide bonds. The van der Waals surface area contributed by atoms with Crippen LogP contribution < -0.4 is 5.32 Å². The second kappa shape index (κ2) is 6.60. The highest BCUT2D eigenvalue weighted by Crippen LogP contribution is 2.05. The highest BCUT2D eigenvalue weighted by Gasteiger charge is 2.12. The predicted molar refractivity (Wildman–Crippen MR) is 63.1 cm³/mol. The molecule has 1 unspecified atom stereocenters. The molecule has 1 aromatic heterocycles. The van der Waals surface area contributed by atoms with Gasteiger partial charge >= 0.3 is 0 Å². The van der Waals surface area contributed by atoms with Crippen LogP contribution in [0.5, 0.6) is 0 Å². The monoisotopic (exact) mass is 226 g/mol. The van der Waals surface area contributed by atoms with Crippen molar-refractivity contribution in [3.05, 3.63) is 11.7 Å².